The van der Waals surface area contributed by atoms with Gasteiger partial charge in [-0.25, -0.2) is 19.7 Å². The molecule has 0 amide bonds. The summed E-state index contributed by atoms with van der Waals surface area (Å²) < 4.78 is 11.7. The van der Waals surface area contributed by atoms with E-state index in [1.54, 1.807) is 7.11 Å². The van der Waals surface area contributed by atoms with Gasteiger partial charge in [-0.3, -0.25) is 0 Å². The largest absolute Gasteiger partial charge is 0.493 e. The van der Waals surface area contributed by atoms with Crippen molar-refractivity contribution >= 4 is 28.5 Å². The summed E-state index contributed by atoms with van der Waals surface area (Å²) in [5.41, 5.74) is 8.64. The summed E-state index contributed by atoms with van der Waals surface area (Å²) in [6.45, 7) is 5.32. The number of pyridine rings is 1. The fourth-order valence-electron chi connectivity index (χ4n) is 6.26. The van der Waals surface area contributed by atoms with E-state index in [0.717, 1.165) is 106 Å². The number of fused-ring (bicyclic) bond motifs is 2. The lowest BCUT2D eigenvalue weighted by Crippen LogP contribution is -2.37. The van der Waals surface area contributed by atoms with Gasteiger partial charge in [0.05, 0.1) is 18.7 Å². The van der Waals surface area contributed by atoms with Gasteiger partial charge in [0.2, 0.25) is 0 Å². The molecular weight excluding hydrogens is 606 g/mol. The summed E-state index contributed by atoms with van der Waals surface area (Å²) >= 11 is 0. The number of anilines is 2. The van der Waals surface area contributed by atoms with Gasteiger partial charge >= 0.3 is 5.97 Å². The molecule has 1 aromatic carbocycles. The Labute approximate surface area is 286 Å². The number of aryl methyl sites for hydroxylation is 1. The standard InChI is InChI=1S/C37H57N7O4/c1-47-26-24-44(23-19-33(37(45)46)43-35-30-16-8-9-18-32(30)40-28-41-35)22-12-10-15-29-27-34(31-17-14-21-39-36(31)42-29)48-25-13-7-5-3-2-4-6-11-20-38/h8-9,16,18,27-28,33H,2-7,10-15,17,19-26,38H2,1H3,(H,39,42)(H,45,46)(H,40,41,43)/t33-/m0/s1. The minimum atomic E-state index is -0.899. The first-order chi connectivity index (χ1) is 23.6. The van der Waals surface area contributed by atoms with Crippen molar-refractivity contribution in [3.8, 4) is 5.75 Å². The van der Waals surface area contributed by atoms with Gasteiger partial charge in [0.25, 0.3) is 0 Å². The van der Waals surface area contributed by atoms with Gasteiger partial charge in [-0.05, 0) is 76.6 Å². The van der Waals surface area contributed by atoms with Crippen molar-refractivity contribution < 1.29 is 19.4 Å². The quantitative estimate of drug-likeness (QED) is 0.0784. The monoisotopic (exact) mass is 663 g/mol. The molecule has 1 aliphatic heterocycles. The molecule has 5 N–H and O–H groups in total. The van der Waals surface area contributed by atoms with Crippen LogP contribution in [-0.2, 0) is 22.4 Å². The van der Waals surface area contributed by atoms with E-state index in [2.05, 4.69) is 31.6 Å². The molecule has 0 fully saturated rings. The SMILES string of the molecule is COCCN(CCCCc1cc(OCCCCCCCCCCN)c2c(n1)NCCC2)CC[C@H](Nc1ncnc2ccccc12)C(=O)O. The van der Waals surface area contributed by atoms with Crippen LogP contribution in [0.1, 0.15) is 88.3 Å². The Balaban J connectivity index is 1.24. The maximum atomic E-state index is 12.2. The molecule has 0 aliphatic carbocycles. The van der Waals surface area contributed by atoms with Crippen molar-refractivity contribution in [3.63, 3.8) is 0 Å². The highest BCUT2D eigenvalue weighted by molar-refractivity contribution is 5.90. The summed E-state index contributed by atoms with van der Waals surface area (Å²) in [5, 5.41) is 17.5. The number of unbranched alkanes of at least 4 members (excludes halogenated alkanes) is 8. The van der Waals surface area contributed by atoms with Gasteiger partial charge in [-0.15, -0.1) is 0 Å². The van der Waals surface area contributed by atoms with Crippen molar-refractivity contribution in [1.29, 1.82) is 0 Å². The van der Waals surface area contributed by atoms with Crippen LogP contribution < -0.4 is 21.1 Å². The molecule has 0 radical (unpaired) electrons. The van der Waals surface area contributed by atoms with Crippen molar-refractivity contribution in [1.82, 2.24) is 19.9 Å². The number of carboxylic acids is 1. The maximum absolute atomic E-state index is 12.2. The number of methoxy groups -OCH3 is 1. The number of carbonyl (C=O) groups is 1. The second kappa shape index (κ2) is 21.4. The van der Waals surface area contributed by atoms with Gasteiger partial charge in [-0.2, -0.15) is 0 Å². The second-order valence-corrected chi connectivity index (χ2v) is 12.8. The summed E-state index contributed by atoms with van der Waals surface area (Å²) in [4.78, 5) is 28.1. The third-order valence-corrected chi connectivity index (χ3v) is 9.04. The lowest BCUT2D eigenvalue weighted by atomic mass is 10.0. The first kappa shape index (κ1) is 37.3. The van der Waals surface area contributed by atoms with E-state index in [-0.39, 0.29) is 0 Å². The van der Waals surface area contributed by atoms with Crippen LogP contribution in [-0.4, -0.2) is 90.0 Å². The third-order valence-electron chi connectivity index (χ3n) is 9.04. The minimum Gasteiger partial charge on any atom is -0.493 e. The number of hydrogen-bond acceptors (Lipinski definition) is 10. The average Bonchev–Trinajstić information content (AvgIpc) is 3.11. The molecule has 0 spiro atoms. The van der Waals surface area contributed by atoms with Crippen LogP contribution in [0.3, 0.4) is 0 Å². The number of hydrogen-bond donors (Lipinski definition) is 4. The molecular formula is C37H57N7O4. The molecule has 0 saturated heterocycles. The average molecular weight is 664 g/mol. The van der Waals surface area contributed by atoms with Gasteiger partial charge in [0, 0.05) is 49.5 Å². The fourth-order valence-corrected chi connectivity index (χ4v) is 6.26. The van der Waals surface area contributed by atoms with E-state index in [4.69, 9.17) is 20.2 Å². The van der Waals surface area contributed by atoms with Crippen LogP contribution in [0.25, 0.3) is 10.9 Å². The Kier molecular flexibility index (Phi) is 16.6. The third kappa shape index (κ3) is 12.5. The van der Waals surface area contributed by atoms with E-state index in [9.17, 15) is 9.90 Å². The number of nitrogens with one attached hydrogen (secondary N) is 2. The fraction of sp³-hybridized carbons (Fsp3) is 0.622. The predicted molar refractivity (Wildman–Crippen MR) is 193 cm³/mol. The van der Waals surface area contributed by atoms with E-state index in [0.29, 0.717) is 25.4 Å². The van der Waals surface area contributed by atoms with E-state index >= 15 is 0 Å². The summed E-state index contributed by atoms with van der Waals surface area (Å²) in [6.07, 6.45) is 16.7. The van der Waals surface area contributed by atoms with Crippen molar-refractivity contribution in [2.45, 2.75) is 95.9 Å². The number of nitrogens with zero attached hydrogens (tertiary/aromatic N) is 4. The molecule has 4 rings (SSSR count). The highest BCUT2D eigenvalue weighted by atomic mass is 16.5. The Hall–Kier alpha value is -3.54. The number of rotatable bonds is 25. The molecule has 3 aromatic rings. The summed E-state index contributed by atoms with van der Waals surface area (Å²) in [5.74, 6) is 1.62. The first-order valence-corrected chi connectivity index (χ1v) is 18.1. The van der Waals surface area contributed by atoms with Crippen LogP contribution in [0.2, 0.25) is 0 Å². The van der Waals surface area contributed by atoms with Gasteiger partial charge in [0.1, 0.15) is 29.8 Å². The van der Waals surface area contributed by atoms with Crippen LogP contribution in [0.4, 0.5) is 11.6 Å². The molecule has 0 bridgehead atoms. The van der Waals surface area contributed by atoms with E-state index < -0.39 is 12.0 Å². The zero-order valence-electron chi connectivity index (χ0n) is 28.9. The van der Waals surface area contributed by atoms with E-state index in [1.807, 2.05) is 24.3 Å². The van der Waals surface area contributed by atoms with Gasteiger partial charge in [0.15, 0.2) is 0 Å². The van der Waals surface area contributed by atoms with Crippen LogP contribution in [0.5, 0.6) is 5.75 Å². The van der Waals surface area contributed by atoms with Crippen LogP contribution >= 0.6 is 0 Å². The number of para-hydroxylation sites is 1. The zero-order valence-corrected chi connectivity index (χ0v) is 28.9. The van der Waals surface area contributed by atoms with Crippen molar-refractivity contribution in [3.05, 3.63) is 47.9 Å². The maximum Gasteiger partial charge on any atom is 0.326 e. The number of aromatic nitrogens is 3. The van der Waals surface area contributed by atoms with Crippen molar-refractivity contribution in [2.75, 3.05) is 63.7 Å². The molecule has 1 aliphatic rings. The number of carboxylic acid groups (broad SMARTS) is 1. The minimum absolute atomic E-state index is 0.435. The molecule has 3 heterocycles. The Morgan fingerprint density at radius 2 is 1.79 bits per heavy atom. The summed E-state index contributed by atoms with van der Waals surface area (Å²) in [7, 11) is 1.70. The number of aliphatic carboxylic acids is 1. The Morgan fingerprint density at radius 3 is 2.58 bits per heavy atom. The molecule has 48 heavy (non-hydrogen) atoms. The molecule has 1 atom stereocenters. The number of benzene rings is 1. The molecule has 11 heteroatoms. The van der Waals surface area contributed by atoms with Gasteiger partial charge in [-0.1, -0.05) is 50.7 Å². The lowest BCUT2D eigenvalue weighted by Gasteiger charge is -2.24. The zero-order chi connectivity index (χ0) is 33.8. The smallest absolute Gasteiger partial charge is 0.326 e. The highest BCUT2D eigenvalue weighted by Gasteiger charge is 2.21. The molecule has 11 nitrogen and oxygen atoms in total. The first-order valence-electron chi connectivity index (χ1n) is 18.1. The highest BCUT2D eigenvalue weighted by Crippen LogP contribution is 2.31. The lowest BCUT2D eigenvalue weighted by molar-refractivity contribution is -0.138. The van der Waals surface area contributed by atoms with E-state index in [1.165, 1.54) is 50.4 Å². The molecule has 0 unspecified atom stereocenters. The molecule has 264 valence electrons. The normalized spacial score (nSPS) is 13.3. The summed E-state index contributed by atoms with van der Waals surface area (Å²) in [6, 6.07) is 8.99. The van der Waals surface area contributed by atoms with Crippen LogP contribution in [0, 0.1) is 0 Å². The number of ether oxygens (including phenoxy) is 2. The Morgan fingerprint density at radius 1 is 1.00 bits per heavy atom. The second-order valence-electron chi connectivity index (χ2n) is 12.8. The Bertz CT molecular complexity index is 1370. The van der Waals surface area contributed by atoms with Gasteiger partial charge < -0.3 is 35.8 Å². The van der Waals surface area contributed by atoms with Crippen molar-refractivity contribution in [2.24, 2.45) is 5.73 Å². The topological polar surface area (TPSA) is 148 Å². The molecule has 0 saturated carbocycles. The number of nitrogens with two attached hydrogens (primary N) is 1. The molecule has 2 aromatic heterocycles. The predicted octanol–water partition coefficient (Wildman–Crippen LogP) is 6.07. The van der Waals surface area contributed by atoms with Crippen LogP contribution in [0.15, 0.2) is 36.7 Å².